The van der Waals surface area contributed by atoms with E-state index in [-0.39, 0.29) is 0 Å². The van der Waals surface area contributed by atoms with Crippen LogP contribution in [0.2, 0.25) is 0 Å². The lowest BCUT2D eigenvalue weighted by Crippen LogP contribution is -2.49. The molecule has 1 aliphatic rings. The Morgan fingerprint density at radius 3 is 1.06 bits per heavy atom. The molecule has 1 fully saturated rings. The van der Waals surface area contributed by atoms with Crippen molar-refractivity contribution in [1.82, 2.24) is 10.6 Å². The van der Waals surface area contributed by atoms with Crippen molar-refractivity contribution in [2.45, 2.75) is 79.1 Å². The van der Waals surface area contributed by atoms with Crippen LogP contribution in [0.1, 0.15) is 101 Å². The van der Waals surface area contributed by atoms with E-state index in [1.807, 2.05) is 0 Å². The molecule has 0 unspecified atom stereocenters. The number of piperazine rings is 1. The van der Waals surface area contributed by atoms with E-state index in [2.05, 4.69) is 102 Å². The summed E-state index contributed by atoms with van der Waals surface area (Å²) in [7, 11) is 0. The Morgan fingerprint density at radius 1 is 0.531 bits per heavy atom. The van der Waals surface area contributed by atoms with Gasteiger partial charge in [0.05, 0.1) is 11.4 Å². The maximum absolute atomic E-state index is 5.20. The maximum Gasteiger partial charge on any atom is 0.169 e. The fourth-order valence-corrected chi connectivity index (χ4v) is 4.22. The fourth-order valence-electron chi connectivity index (χ4n) is 4.22. The highest BCUT2D eigenvalue weighted by Crippen LogP contribution is 2.36. The van der Waals surface area contributed by atoms with Crippen LogP contribution in [0.15, 0.2) is 46.4 Å². The van der Waals surface area contributed by atoms with Gasteiger partial charge in [0, 0.05) is 13.1 Å². The van der Waals surface area contributed by atoms with E-state index in [9.17, 15) is 0 Å². The smallest absolute Gasteiger partial charge is 0.169 e. The van der Waals surface area contributed by atoms with Crippen molar-refractivity contribution in [3.05, 3.63) is 58.7 Å². The molecule has 4 nitrogen and oxygen atoms in total. The first-order valence-electron chi connectivity index (χ1n) is 12.1. The van der Waals surface area contributed by atoms with Crippen molar-refractivity contribution in [2.24, 2.45) is 9.98 Å². The highest BCUT2D eigenvalue weighted by molar-refractivity contribution is 6.42. The highest BCUT2D eigenvalue weighted by Gasteiger charge is 2.21. The topological polar surface area (TPSA) is 48.8 Å². The van der Waals surface area contributed by atoms with Crippen LogP contribution < -0.4 is 10.6 Å². The van der Waals surface area contributed by atoms with Gasteiger partial charge in [0.25, 0.3) is 0 Å². The van der Waals surface area contributed by atoms with Crippen molar-refractivity contribution < 1.29 is 0 Å². The SMILES string of the molecule is CC(C)c1cccc(C(C)C)c1N=C1NCCNC1=Nc1c(C(C)C)cccc1C(C)C. The second-order valence-corrected chi connectivity index (χ2v) is 9.96. The number of hydrogen-bond acceptors (Lipinski definition) is 2. The van der Waals surface area contributed by atoms with Crippen LogP contribution in [0.25, 0.3) is 0 Å². The molecule has 2 aromatic rings. The second-order valence-electron chi connectivity index (χ2n) is 9.96. The summed E-state index contributed by atoms with van der Waals surface area (Å²) in [5.74, 6) is 3.27. The maximum atomic E-state index is 5.20. The Morgan fingerprint density at radius 2 is 0.812 bits per heavy atom. The molecule has 1 saturated heterocycles. The summed E-state index contributed by atoms with van der Waals surface area (Å²) in [6.07, 6.45) is 0. The molecule has 0 bridgehead atoms. The number of rotatable bonds is 6. The molecule has 0 spiro atoms. The molecule has 3 rings (SSSR count). The van der Waals surface area contributed by atoms with Gasteiger partial charge in [-0.05, 0) is 45.9 Å². The molecule has 0 saturated carbocycles. The number of nitrogens with zero attached hydrogens (tertiary/aromatic N) is 2. The van der Waals surface area contributed by atoms with Gasteiger partial charge in [0.2, 0.25) is 0 Å². The lowest BCUT2D eigenvalue weighted by Gasteiger charge is -2.24. The first-order chi connectivity index (χ1) is 15.2. The number of hydrogen-bond donors (Lipinski definition) is 2. The Balaban J connectivity index is 2.20. The quantitative estimate of drug-likeness (QED) is 0.510. The first-order valence-corrected chi connectivity index (χ1v) is 12.1. The van der Waals surface area contributed by atoms with E-state index >= 15 is 0 Å². The summed E-state index contributed by atoms with van der Waals surface area (Å²) < 4.78 is 0. The van der Waals surface area contributed by atoms with Crippen LogP contribution in [0, 0.1) is 0 Å². The molecule has 2 aromatic carbocycles. The zero-order valence-electron chi connectivity index (χ0n) is 21.1. The van der Waals surface area contributed by atoms with Crippen LogP contribution in [0.4, 0.5) is 11.4 Å². The predicted octanol–water partition coefficient (Wildman–Crippen LogP) is 7.13. The van der Waals surface area contributed by atoms with E-state index in [0.29, 0.717) is 23.7 Å². The number of para-hydroxylation sites is 2. The minimum absolute atomic E-state index is 0.402. The van der Waals surface area contributed by atoms with Crippen LogP contribution in [0.3, 0.4) is 0 Å². The van der Waals surface area contributed by atoms with Crippen molar-refractivity contribution in [2.75, 3.05) is 13.1 Å². The summed E-state index contributed by atoms with van der Waals surface area (Å²) in [5, 5.41) is 7.05. The Bertz CT molecular complexity index is 862. The van der Waals surface area contributed by atoms with E-state index in [1.54, 1.807) is 0 Å². The molecule has 0 atom stereocenters. The zero-order valence-corrected chi connectivity index (χ0v) is 21.1. The monoisotopic (exact) mass is 432 g/mol. The third kappa shape index (κ3) is 5.23. The average Bonchev–Trinajstić information content (AvgIpc) is 2.74. The van der Waals surface area contributed by atoms with Crippen LogP contribution in [0.5, 0.6) is 0 Å². The largest absolute Gasteiger partial charge is 0.365 e. The highest BCUT2D eigenvalue weighted by atomic mass is 15.2. The molecule has 1 heterocycles. The molecule has 0 aromatic heterocycles. The normalized spacial score (nSPS) is 17.0. The van der Waals surface area contributed by atoms with Gasteiger partial charge in [-0.1, -0.05) is 91.8 Å². The number of amidine groups is 2. The number of nitrogens with one attached hydrogen (secondary N) is 2. The van der Waals surface area contributed by atoms with Crippen LogP contribution in [-0.4, -0.2) is 24.8 Å². The molecule has 0 amide bonds. The predicted molar refractivity (Wildman–Crippen MR) is 139 cm³/mol. The fraction of sp³-hybridized carbons (Fsp3) is 0.500. The van der Waals surface area contributed by atoms with Crippen molar-refractivity contribution in [1.29, 1.82) is 0 Å². The summed E-state index contributed by atoms with van der Waals surface area (Å²) in [5.41, 5.74) is 7.28. The molecule has 0 aliphatic carbocycles. The molecule has 4 heteroatoms. The Labute approximate surface area is 194 Å². The van der Waals surface area contributed by atoms with Crippen LogP contribution in [-0.2, 0) is 0 Å². The van der Waals surface area contributed by atoms with E-state index in [0.717, 1.165) is 36.1 Å². The summed E-state index contributed by atoms with van der Waals surface area (Å²) in [6, 6.07) is 13.1. The van der Waals surface area contributed by atoms with Crippen molar-refractivity contribution in [3.8, 4) is 0 Å². The van der Waals surface area contributed by atoms with Gasteiger partial charge in [-0.15, -0.1) is 0 Å². The zero-order chi connectivity index (χ0) is 23.4. The Kier molecular flexibility index (Phi) is 7.76. The molecular formula is C28H40N4. The third-order valence-corrected chi connectivity index (χ3v) is 6.07. The lowest BCUT2D eigenvalue weighted by molar-refractivity contribution is 0.782. The number of aliphatic imine (C=N–C) groups is 2. The van der Waals surface area contributed by atoms with Gasteiger partial charge in [-0.3, -0.25) is 0 Å². The number of benzene rings is 2. The van der Waals surface area contributed by atoms with Crippen molar-refractivity contribution >= 4 is 23.0 Å². The molecule has 32 heavy (non-hydrogen) atoms. The first kappa shape index (κ1) is 24.0. The van der Waals surface area contributed by atoms with Gasteiger partial charge in [0.15, 0.2) is 11.7 Å². The second kappa shape index (κ2) is 10.3. The minimum atomic E-state index is 0.402. The van der Waals surface area contributed by atoms with E-state index in [1.165, 1.54) is 22.3 Å². The van der Waals surface area contributed by atoms with Crippen LogP contribution >= 0.6 is 0 Å². The lowest BCUT2D eigenvalue weighted by atomic mass is 9.92. The third-order valence-electron chi connectivity index (χ3n) is 6.07. The van der Waals surface area contributed by atoms with Crippen molar-refractivity contribution in [3.63, 3.8) is 0 Å². The van der Waals surface area contributed by atoms with Gasteiger partial charge in [0.1, 0.15) is 0 Å². The molecule has 1 aliphatic heterocycles. The molecule has 2 N–H and O–H groups in total. The molecular weight excluding hydrogens is 392 g/mol. The molecule has 0 radical (unpaired) electrons. The standard InChI is InChI=1S/C28H40N4/c1-17(2)21-11-9-12-22(18(3)4)25(21)31-27-28(30-16-15-29-27)32-26-23(19(5)6)13-10-14-24(26)20(7)8/h9-14,17-20H,15-16H2,1-8H3,(H,29,31)(H,30,32). The summed E-state index contributed by atoms with van der Waals surface area (Å²) >= 11 is 0. The van der Waals surface area contributed by atoms with E-state index < -0.39 is 0 Å². The summed E-state index contributed by atoms with van der Waals surface area (Å²) in [6.45, 7) is 19.5. The van der Waals surface area contributed by atoms with Gasteiger partial charge in [-0.2, -0.15) is 0 Å². The van der Waals surface area contributed by atoms with Gasteiger partial charge < -0.3 is 10.6 Å². The van der Waals surface area contributed by atoms with Gasteiger partial charge in [-0.25, -0.2) is 9.98 Å². The average molecular weight is 433 g/mol. The molecule has 172 valence electrons. The summed E-state index contributed by atoms with van der Waals surface area (Å²) in [4.78, 5) is 10.4. The van der Waals surface area contributed by atoms with E-state index in [4.69, 9.17) is 9.98 Å². The minimum Gasteiger partial charge on any atom is -0.365 e. The van der Waals surface area contributed by atoms with Gasteiger partial charge >= 0.3 is 0 Å². The Hall–Kier alpha value is -2.62.